The molecule has 98 valence electrons. The quantitative estimate of drug-likeness (QED) is 0.846. The van der Waals surface area contributed by atoms with E-state index in [1.54, 1.807) is 0 Å². The summed E-state index contributed by atoms with van der Waals surface area (Å²) in [5, 5.41) is 2.86. The predicted molar refractivity (Wildman–Crippen MR) is 70.0 cm³/mol. The van der Waals surface area contributed by atoms with Crippen molar-refractivity contribution in [3.63, 3.8) is 0 Å². The number of nitrogens with two attached hydrogens (primary N) is 1. The first-order valence-corrected chi connectivity index (χ1v) is 6.47. The molecule has 1 fully saturated rings. The van der Waals surface area contributed by atoms with Gasteiger partial charge < -0.3 is 15.8 Å². The van der Waals surface area contributed by atoms with Gasteiger partial charge in [0.15, 0.2) is 0 Å². The molecule has 1 aromatic carbocycles. The Bertz CT molecular complexity index is 375. The van der Waals surface area contributed by atoms with Crippen molar-refractivity contribution in [2.24, 2.45) is 5.73 Å². The molecule has 0 radical (unpaired) electrons. The summed E-state index contributed by atoms with van der Waals surface area (Å²) < 4.78 is 5.56. The Labute approximate surface area is 108 Å². The number of nitrogens with one attached hydrogen (secondary N) is 1. The number of amides is 1. The van der Waals surface area contributed by atoms with Gasteiger partial charge in [-0.05, 0) is 24.8 Å². The fraction of sp³-hybridized carbons (Fsp3) is 0.500. The second-order valence-electron chi connectivity index (χ2n) is 4.62. The Morgan fingerprint density at radius 1 is 1.39 bits per heavy atom. The maximum atomic E-state index is 11.9. The first kappa shape index (κ1) is 13.1. The van der Waals surface area contributed by atoms with E-state index in [-0.39, 0.29) is 12.0 Å². The number of hydrogen-bond acceptors (Lipinski definition) is 3. The third-order valence-electron chi connectivity index (χ3n) is 3.22. The van der Waals surface area contributed by atoms with Crippen molar-refractivity contribution in [1.29, 1.82) is 0 Å². The summed E-state index contributed by atoms with van der Waals surface area (Å²) in [6, 6.07) is 8.79. The summed E-state index contributed by atoms with van der Waals surface area (Å²) in [5.74, 6) is -0.143. The van der Waals surface area contributed by atoms with Crippen LogP contribution in [0.15, 0.2) is 30.3 Å². The lowest BCUT2D eigenvalue weighted by molar-refractivity contribution is -0.123. The van der Waals surface area contributed by atoms with Crippen LogP contribution in [0.1, 0.15) is 30.9 Å². The molecule has 0 bridgehead atoms. The molecule has 0 saturated carbocycles. The number of rotatable bonds is 4. The fourth-order valence-corrected chi connectivity index (χ4v) is 2.10. The summed E-state index contributed by atoms with van der Waals surface area (Å²) in [5.41, 5.74) is 6.73. The molecule has 1 saturated heterocycles. The van der Waals surface area contributed by atoms with Crippen LogP contribution in [0.3, 0.4) is 0 Å². The van der Waals surface area contributed by atoms with Gasteiger partial charge in [-0.1, -0.05) is 30.3 Å². The van der Waals surface area contributed by atoms with Gasteiger partial charge in [0.1, 0.15) is 6.04 Å². The SMILES string of the molecule is N[C@@H](C(=O)NCC1CCCCO1)c1ccccc1. The van der Waals surface area contributed by atoms with Crippen LogP contribution in [0, 0.1) is 0 Å². The lowest BCUT2D eigenvalue weighted by Gasteiger charge is -2.23. The van der Waals surface area contributed by atoms with Gasteiger partial charge in [0.25, 0.3) is 0 Å². The van der Waals surface area contributed by atoms with Crippen molar-refractivity contribution < 1.29 is 9.53 Å². The average Bonchev–Trinajstić information content (AvgIpc) is 2.46. The number of ether oxygens (including phenoxy) is 1. The van der Waals surface area contributed by atoms with E-state index < -0.39 is 6.04 Å². The number of carbonyl (C=O) groups is 1. The number of carbonyl (C=O) groups excluding carboxylic acids is 1. The van der Waals surface area contributed by atoms with Crippen molar-refractivity contribution >= 4 is 5.91 Å². The van der Waals surface area contributed by atoms with Gasteiger partial charge in [0.05, 0.1) is 6.10 Å². The molecule has 2 atom stereocenters. The highest BCUT2D eigenvalue weighted by Crippen LogP contribution is 2.13. The second-order valence-corrected chi connectivity index (χ2v) is 4.62. The maximum absolute atomic E-state index is 11.9. The smallest absolute Gasteiger partial charge is 0.241 e. The molecule has 0 spiro atoms. The van der Waals surface area contributed by atoms with Crippen LogP contribution < -0.4 is 11.1 Å². The molecular formula is C14H20N2O2. The van der Waals surface area contributed by atoms with E-state index >= 15 is 0 Å². The van der Waals surface area contributed by atoms with Crippen LogP contribution >= 0.6 is 0 Å². The average molecular weight is 248 g/mol. The lowest BCUT2D eigenvalue weighted by Crippen LogP contribution is -2.40. The first-order valence-electron chi connectivity index (χ1n) is 6.47. The lowest BCUT2D eigenvalue weighted by atomic mass is 10.1. The van der Waals surface area contributed by atoms with E-state index in [2.05, 4.69) is 5.32 Å². The molecular weight excluding hydrogens is 228 g/mol. The highest BCUT2D eigenvalue weighted by molar-refractivity contribution is 5.82. The van der Waals surface area contributed by atoms with Crippen molar-refractivity contribution in [2.45, 2.75) is 31.4 Å². The van der Waals surface area contributed by atoms with Crippen LogP contribution in [-0.4, -0.2) is 25.2 Å². The molecule has 1 heterocycles. The predicted octanol–water partition coefficient (Wildman–Crippen LogP) is 1.37. The van der Waals surface area contributed by atoms with Gasteiger partial charge in [-0.25, -0.2) is 0 Å². The van der Waals surface area contributed by atoms with Crippen LogP contribution in [-0.2, 0) is 9.53 Å². The van der Waals surface area contributed by atoms with Crippen molar-refractivity contribution in [2.75, 3.05) is 13.2 Å². The summed E-state index contributed by atoms with van der Waals surface area (Å²) in [6.07, 6.45) is 3.45. The first-order chi connectivity index (χ1) is 8.77. The molecule has 1 aromatic rings. The third-order valence-corrected chi connectivity index (χ3v) is 3.22. The maximum Gasteiger partial charge on any atom is 0.241 e. The minimum atomic E-state index is -0.602. The van der Waals surface area contributed by atoms with Gasteiger partial charge in [0.2, 0.25) is 5.91 Å². The van der Waals surface area contributed by atoms with Crippen LogP contribution in [0.5, 0.6) is 0 Å². The Hall–Kier alpha value is -1.39. The number of benzene rings is 1. The molecule has 1 unspecified atom stereocenters. The van der Waals surface area contributed by atoms with Gasteiger partial charge in [-0.3, -0.25) is 4.79 Å². The zero-order valence-electron chi connectivity index (χ0n) is 10.5. The normalized spacial score (nSPS) is 21.3. The Balaban J connectivity index is 1.80. The summed E-state index contributed by atoms with van der Waals surface area (Å²) in [6.45, 7) is 1.35. The largest absolute Gasteiger partial charge is 0.376 e. The summed E-state index contributed by atoms with van der Waals surface area (Å²) in [4.78, 5) is 11.9. The molecule has 1 aliphatic rings. The van der Waals surface area contributed by atoms with Gasteiger partial charge in [-0.15, -0.1) is 0 Å². The van der Waals surface area contributed by atoms with E-state index in [4.69, 9.17) is 10.5 Å². The minimum Gasteiger partial charge on any atom is -0.376 e. The Morgan fingerprint density at radius 2 is 2.17 bits per heavy atom. The van der Waals surface area contributed by atoms with E-state index in [9.17, 15) is 4.79 Å². The topological polar surface area (TPSA) is 64.4 Å². The molecule has 4 heteroatoms. The molecule has 2 rings (SSSR count). The standard InChI is InChI=1S/C14H20N2O2/c15-13(11-6-2-1-3-7-11)14(17)16-10-12-8-4-5-9-18-12/h1-3,6-7,12-13H,4-5,8-10,15H2,(H,16,17)/t12?,13-/m1/s1. The van der Waals surface area contributed by atoms with Gasteiger partial charge in [-0.2, -0.15) is 0 Å². The van der Waals surface area contributed by atoms with E-state index in [0.717, 1.165) is 25.0 Å². The molecule has 4 nitrogen and oxygen atoms in total. The molecule has 18 heavy (non-hydrogen) atoms. The Morgan fingerprint density at radius 3 is 2.83 bits per heavy atom. The molecule has 1 aliphatic heterocycles. The minimum absolute atomic E-state index is 0.143. The van der Waals surface area contributed by atoms with Crippen molar-refractivity contribution in [3.8, 4) is 0 Å². The van der Waals surface area contributed by atoms with Crippen molar-refractivity contribution in [3.05, 3.63) is 35.9 Å². The summed E-state index contributed by atoms with van der Waals surface area (Å²) in [7, 11) is 0. The molecule has 0 aliphatic carbocycles. The third kappa shape index (κ3) is 3.55. The summed E-state index contributed by atoms with van der Waals surface area (Å²) >= 11 is 0. The monoisotopic (exact) mass is 248 g/mol. The van der Waals surface area contributed by atoms with E-state index in [1.807, 2.05) is 30.3 Å². The highest BCUT2D eigenvalue weighted by atomic mass is 16.5. The van der Waals surface area contributed by atoms with Gasteiger partial charge >= 0.3 is 0 Å². The molecule has 0 aromatic heterocycles. The fourth-order valence-electron chi connectivity index (χ4n) is 2.10. The van der Waals surface area contributed by atoms with Crippen LogP contribution in [0.25, 0.3) is 0 Å². The van der Waals surface area contributed by atoms with E-state index in [0.29, 0.717) is 6.54 Å². The zero-order chi connectivity index (χ0) is 12.8. The van der Waals surface area contributed by atoms with Crippen molar-refractivity contribution in [1.82, 2.24) is 5.32 Å². The molecule has 1 amide bonds. The highest BCUT2D eigenvalue weighted by Gasteiger charge is 2.18. The zero-order valence-corrected chi connectivity index (χ0v) is 10.5. The van der Waals surface area contributed by atoms with E-state index in [1.165, 1.54) is 6.42 Å². The molecule has 3 N–H and O–H groups in total. The second kappa shape index (κ2) is 6.52. The Kier molecular flexibility index (Phi) is 4.73. The van der Waals surface area contributed by atoms with Gasteiger partial charge in [0, 0.05) is 13.2 Å². The van der Waals surface area contributed by atoms with Crippen LogP contribution in [0.4, 0.5) is 0 Å². The number of hydrogen-bond donors (Lipinski definition) is 2. The van der Waals surface area contributed by atoms with Crippen LogP contribution in [0.2, 0.25) is 0 Å².